The number of benzene rings is 1. The molecule has 0 aliphatic carbocycles. The van der Waals surface area contributed by atoms with Gasteiger partial charge in [-0.05, 0) is 30.5 Å². The Hall–Kier alpha value is -2.92. The summed E-state index contributed by atoms with van der Waals surface area (Å²) >= 11 is 0. The van der Waals surface area contributed by atoms with Crippen LogP contribution >= 0.6 is 0 Å². The monoisotopic (exact) mass is 331 g/mol. The third-order valence-electron chi connectivity index (χ3n) is 3.59. The number of nitro benzene ring substituents is 1. The van der Waals surface area contributed by atoms with Crippen LogP contribution in [0.25, 0.3) is 6.08 Å². The van der Waals surface area contributed by atoms with E-state index in [1.165, 1.54) is 31.4 Å². The molecule has 0 saturated carbocycles. The summed E-state index contributed by atoms with van der Waals surface area (Å²) < 4.78 is 10.3. The third kappa shape index (κ3) is 4.30. The van der Waals surface area contributed by atoms with E-state index >= 15 is 0 Å². The Labute approximate surface area is 138 Å². The lowest BCUT2D eigenvalue weighted by Gasteiger charge is -2.10. The molecular weight excluding hydrogens is 314 g/mol. The number of carbonyl (C=O) groups is 1. The van der Waals surface area contributed by atoms with E-state index in [4.69, 9.17) is 14.7 Å². The van der Waals surface area contributed by atoms with Crippen LogP contribution in [-0.2, 0) is 9.53 Å². The summed E-state index contributed by atoms with van der Waals surface area (Å²) in [6.07, 6.45) is 3.10. The fourth-order valence-electron chi connectivity index (χ4n) is 2.36. The van der Waals surface area contributed by atoms with Crippen LogP contribution in [0.2, 0.25) is 0 Å². The van der Waals surface area contributed by atoms with E-state index in [0.717, 1.165) is 12.8 Å². The molecule has 126 valence electrons. The van der Waals surface area contributed by atoms with Gasteiger partial charge < -0.3 is 14.8 Å². The number of nitro groups is 1. The second kappa shape index (κ2) is 8.08. The first-order valence-electron chi connectivity index (χ1n) is 7.39. The molecule has 1 aliphatic rings. The van der Waals surface area contributed by atoms with E-state index in [0.29, 0.717) is 18.7 Å². The standard InChI is InChI=1S/C16H17N3O5/c1-23-15-5-4-11(8-14(15)19(21)22)7-12(9-17)16(20)18-10-13-3-2-6-24-13/h4-5,7-8,13H,2-3,6,10H2,1H3,(H,18,20)/b12-7+/t13-/m0/s1. The van der Waals surface area contributed by atoms with E-state index in [9.17, 15) is 14.9 Å². The molecule has 1 aromatic carbocycles. The van der Waals surface area contributed by atoms with E-state index in [1.807, 2.05) is 6.07 Å². The average Bonchev–Trinajstić information content (AvgIpc) is 3.10. The van der Waals surface area contributed by atoms with Crippen LogP contribution in [0.3, 0.4) is 0 Å². The Balaban J connectivity index is 2.14. The summed E-state index contributed by atoms with van der Waals surface area (Å²) in [6.45, 7) is 1.01. The van der Waals surface area contributed by atoms with Gasteiger partial charge >= 0.3 is 5.69 Å². The molecule has 0 aromatic heterocycles. The quantitative estimate of drug-likeness (QED) is 0.368. The number of nitrogens with zero attached hydrogens (tertiary/aromatic N) is 2. The minimum Gasteiger partial charge on any atom is -0.490 e. The normalized spacial score (nSPS) is 17.2. The van der Waals surface area contributed by atoms with Crippen LogP contribution in [0.1, 0.15) is 18.4 Å². The highest BCUT2D eigenvalue weighted by Gasteiger charge is 2.18. The lowest BCUT2D eigenvalue weighted by molar-refractivity contribution is -0.385. The zero-order chi connectivity index (χ0) is 17.5. The molecule has 1 fully saturated rings. The Morgan fingerprint density at radius 1 is 1.62 bits per heavy atom. The molecule has 1 aliphatic heterocycles. The van der Waals surface area contributed by atoms with Crippen molar-refractivity contribution in [3.05, 3.63) is 39.4 Å². The van der Waals surface area contributed by atoms with Gasteiger partial charge in [0.25, 0.3) is 5.91 Å². The van der Waals surface area contributed by atoms with Crippen molar-refractivity contribution in [1.29, 1.82) is 5.26 Å². The summed E-state index contributed by atoms with van der Waals surface area (Å²) in [5, 5.41) is 22.8. The maximum Gasteiger partial charge on any atom is 0.311 e. The number of nitrogens with one attached hydrogen (secondary N) is 1. The van der Waals surface area contributed by atoms with Crippen LogP contribution in [0.5, 0.6) is 5.75 Å². The molecule has 0 bridgehead atoms. The smallest absolute Gasteiger partial charge is 0.311 e. The van der Waals surface area contributed by atoms with Crippen molar-refractivity contribution in [3.8, 4) is 11.8 Å². The predicted octanol–water partition coefficient (Wildman–Crippen LogP) is 1.81. The zero-order valence-electron chi connectivity index (χ0n) is 13.2. The number of amides is 1. The van der Waals surface area contributed by atoms with Crippen molar-refractivity contribution in [2.75, 3.05) is 20.3 Å². The molecule has 24 heavy (non-hydrogen) atoms. The van der Waals surface area contributed by atoms with Gasteiger partial charge in [0.15, 0.2) is 5.75 Å². The van der Waals surface area contributed by atoms with E-state index in [2.05, 4.69) is 5.32 Å². The Morgan fingerprint density at radius 2 is 2.42 bits per heavy atom. The zero-order valence-corrected chi connectivity index (χ0v) is 13.2. The molecule has 0 spiro atoms. The fraction of sp³-hybridized carbons (Fsp3) is 0.375. The molecule has 2 rings (SSSR count). The minimum atomic E-state index is -0.584. The van der Waals surface area contributed by atoms with Gasteiger partial charge in [-0.25, -0.2) is 0 Å². The van der Waals surface area contributed by atoms with Gasteiger partial charge in [-0.3, -0.25) is 14.9 Å². The summed E-state index contributed by atoms with van der Waals surface area (Å²) in [7, 11) is 1.33. The summed E-state index contributed by atoms with van der Waals surface area (Å²) in [4.78, 5) is 22.5. The minimum absolute atomic E-state index is 0.0315. The number of ether oxygens (including phenoxy) is 2. The van der Waals surface area contributed by atoms with Crippen molar-refractivity contribution >= 4 is 17.7 Å². The van der Waals surface area contributed by atoms with Crippen molar-refractivity contribution in [1.82, 2.24) is 5.32 Å². The average molecular weight is 331 g/mol. The molecule has 8 heteroatoms. The maximum atomic E-state index is 12.1. The first-order valence-corrected chi connectivity index (χ1v) is 7.39. The number of methoxy groups -OCH3 is 1. The van der Waals surface area contributed by atoms with Crippen LogP contribution in [0.4, 0.5) is 5.69 Å². The fourth-order valence-corrected chi connectivity index (χ4v) is 2.36. The SMILES string of the molecule is COc1ccc(/C=C(\C#N)C(=O)NC[C@@H]2CCCO2)cc1[N+](=O)[O-]. The number of nitriles is 1. The third-order valence-corrected chi connectivity index (χ3v) is 3.59. The largest absolute Gasteiger partial charge is 0.490 e. The van der Waals surface area contributed by atoms with Crippen LogP contribution in [-0.4, -0.2) is 37.2 Å². The topological polar surface area (TPSA) is 114 Å². The molecule has 1 aromatic rings. The molecule has 1 amide bonds. The molecule has 1 atom stereocenters. The molecule has 1 N–H and O–H groups in total. The van der Waals surface area contributed by atoms with Crippen molar-refractivity contribution in [3.63, 3.8) is 0 Å². The van der Waals surface area contributed by atoms with E-state index in [1.54, 1.807) is 0 Å². The highest BCUT2D eigenvalue weighted by atomic mass is 16.6. The van der Waals surface area contributed by atoms with Gasteiger partial charge in [-0.2, -0.15) is 5.26 Å². The van der Waals surface area contributed by atoms with Gasteiger partial charge in [-0.15, -0.1) is 0 Å². The number of rotatable bonds is 6. The van der Waals surface area contributed by atoms with Crippen LogP contribution in [0.15, 0.2) is 23.8 Å². The van der Waals surface area contributed by atoms with Crippen molar-refractivity contribution in [2.24, 2.45) is 0 Å². The van der Waals surface area contributed by atoms with Gasteiger partial charge in [-0.1, -0.05) is 6.07 Å². The molecule has 0 unspecified atom stereocenters. The lowest BCUT2D eigenvalue weighted by Crippen LogP contribution is -2.32. The Kier molecular flexibility index (Phi) is 5.87. The van der Waals surface area contributed by atoms with Crippen LogP contribution in [0, 0.1) is 21.4 Å². The second-order valence-electron chi connectivity index (χ2n) is 5.20. The highest BCUT2D eigenvalue weighted by molar-refractivity contribution is 6.01. The first-order chi connectivity index (χ1) is 11.5. The number of hydrogen-bond acceptors (Lipinski definition) is 6. The molecule has 8 nitrogen and oxygen atoms in total. The van der Waals surface area contributed by atoms with E-state index in [-0.39, 0.29) is 23.1 Å². The number of hydrogen-bond donors (Lipinski definition) is 1. The predicted molar refractivity (Wildman–Crippen MR) is 85.2 cm³/mol. The first kappa shape index (κ1) is 17.4. The highest BCUT2D eigenvalue weighted by Crippen LogP contribution is 2.28. The molecular formula is C16H17N3O5. The van der Waals surface area contributed by atoms with Gasteiger partial charge in [0, 0.05) is 19.2 Å². The van der Waals surface area contributed by atoms with Gasteiger partial charge in [0.1, 0.15) is 11.6 Å². The molecule has 1 heterocycles. The van der Waals surface area contributed by atoms with Gasteiger partial charge in [0.2, 0.25) is 0 Å². The van der Waals surface area contributed by atoms with Crippen molar-refractivity contribution in [2.45, 2.75) is 18.9 Å². The summed E-state index contributed by atoms with van der Waals surface area (Å²) in [6, 6.07) is 6.02. The summed E-state index contributed by atoms with van der Waals surface area (Å²) in [5.74, 6) is -0.426. The van der Waals surface area contributed by atoms with Crippen molar-refractivity contribution < 1.29 is 19.2 Å². The second-order valence-corrected chi connectivity index (χ2v) is 5.20. The number of carbonyl (C=O) groups excluding carboxylic acids is 1. The molecule has 0 radical (unpaired) electrons. The lowest BCUT2D eigenvalue weighted by atomic mass is 10.1. The summed E-state index contributed by atoms with van der Waals surface area (Å²) in [5.41, 5.74) is 0.00193. The van der Waals surface area contributed by atoms with Crippen LogP contribution < -0.4 is 10.1 Å². The van der Waals surface area contributed by atoms with E-state index < -0.39 is 10.8 Å². The molecule has 1 saturated heterocycles. The Bertz CT molecular complexity index is 702. The maximum absolute atomic E-state index is 12.1. The van der Waals surface area contributed by atoms with Gasteiger partial charge in [0.05, 0.1) is 18.1 Å². The Morgan fingerprint density at radius 3 is 3.00 bits per heavy atom.